The predicted octanol–water partition coefficient (Wildman–Crippen LogP) is 2.69. The van der Waals surface area contributed by atoms with Gasteiger partial charge in [0, 0.05) is 25.2 Å². The predicted molar refractivity (Wildman–Crippen MR) is 83.7 cm³/mol. The summed E-state index contributed by atoms with van der Waals surface area (Å²) in [6.45, 7) is 8.58. The van der Waals surface area contributed by atoms with Crippen LogP contribution in [0.1, 0.15) is 32.4 Å². The molecule has 1 unspecified atom stereocenters. The molecule has 1 aromatic rings. The Morgan fingerprint density at radius 1 is 1.10 bits per heavy atom. The van der Waals surface area contributed by atoms with Crippen LogP contribution < -0.4 is 14.8 Å². The molecule has 0 spiro atoms. The standard InChI is InChI=1S/C16H28N2O2/c1-12(2)18(4)10-9-17-13(3)14-7-8-15(19-5)16(11-14)20-6/h7-8,11-13,17H,9-10H2,1-6H3. The van der Waals surface area contributed by atoms with Crippen LogP contribution in [0.15, 0.2) is 18.2 Å². The van der Waals surface area contributed by atoms with Crippen LogP contribution in [-0.4, -0.2) is 45.3 Å². The molecule has 4 nitrogen and oxygen atoms in total. The molecule has 0 bridgehead atoms. The molecule has 20 heavy (non-hydrogen) atoms. The molecule has 0 aromatic heterocycles. The number of methoxy groups -OCH3 is 2. The van der Waals surface area contributed by atoms with E-state index >= 15 is 0 Å². The fourth-order valence-electron chi connectivity index (χ4n) is 1.96. The molecule has 4 heteroatoms. The van der Waals surface area contributed by atoms with Crippen LogP contribution >= 0.6 is 0 Å². The van der Waals surface area contributed by atoms with Crippen molar-refractivity contribution in [2.24, 2.45) is 0 Å². The Bertz CT molecular complexity index is 407. The van der Waals surface area contributed by atoms with Crippen LogP contribution in [-0.2, 0) is 0 Å². The molecule has 1 rings (SSSR count). The third kappa shape index (κ3) is 4.69. The van der Waals surface area contributed by atoms with E-state index in [-0.39, 0.29) is 6.04 Å². The van der Waals surface area contributed by atoms with Crippen molar-refractivity contribution < 1.29 is 9.47 Å². The summed E-state index contributed by atoms with van der Waals surface area (Å²) >= 11 is 0. The lowest BCUT2D eigenvalue weighted by atomic mass is 10.1. The number of hydrogen-bond acceptors (Lipinski definition) is 4. The lowest BCUT2D eigenvalue weighted by Crippen LogP contribution is -2.34. The second-order valence-corrected chi connectivity index (χ2v) is 5.36. The zero-order valence-corrected chi connectivity index (χ0v) is 13.6. The number of hydrogen-bond donors (Lipinski definition) is 1. The highest BCUT2D eigenvalue weighted by Gasteiger charge is 2.10. The smallest absolute Gasteiger partial charge is 0.161 e. The van der Waals surface area contributed by atoms with Crippen LogP contribution in [0.25, 0.3) is 0 Å². The maximum absolute atomic E-state index is 5.34. The molecular formula is C16H28N2O2. The molecule has 1 aromatic carbocycles. The van der Waals surface area contributed by atoms with Crippen molar-refractivity contribution in [1.29, 1.82) is 0 Å². The highest BCUT2D eigenvalue weighted by atomic mass is 16.5. The van der Waals surface area contributed by atoms with Gasteiger partial charge in [0.15, 0.2) is 11.5 Å². The Labute approximate surface area is 123 Å². The Hall–Kier alpha value is -1.26. The SMILES string of the molecule is COc1ccc(C(C)NCCN(C)C(C)C)cc1OC. The van der Waals surface area contributed by atoms with E-state index in [1.165, 1.54) is 5.56 Å². The number of nitrogens with zero attached hydrogens (tertiary/aromatic N) is 1. The fourth-order valence-corrected chi connectivity index (χ4v) is 1.96. The van der Waals surface area contributed by atoms with E-state index in [9.17, 15) is 0 Å². The van der Waals surface area contributed by atoms with Gasteiger partial charge >= 0.3 is 0 Å². The zero-order valence-electron chi connectivity index (χ0n) is 13.6. The number of benzene rings is 1. The second-order valence-electron chi connectivity index (χ2n) is 5.36. The molecule has 0 aliphatic carbocycles. The Morgan fingerprint density at radius 2 is 1.75 bits per heavy atom. The van der Waals surface area contributed by atoms with Gasteiger partial charge in [-0.15, -0.1) is 0 Å². The molecule has 0 aliphatic heterocycles. The molecule has 0 fully saturated rings. The third-order valence-corrected chi connectivity index (χ3v) is 3.70. The average Bonchev–Trinajstić information content (AvgIpc) is 2.45. The molecule has 1 N–H and O–H groups in total. The number of rotatable bonds is 8. The van der Waals surface area contributed by atoms with Crippen molar-refractivity contribution in [1.82, 2.24) is 10.2 Å². The maximum atomic E-state index is 5.34. The van der Waals surface area contributed by atoms with Crippen molar-refractivity contribution >= 4 is 0 Å². The highest BCUT2D eigenvalue weighted by molar-refractivity contribution is 5.43. The molecule has 0 amide bonds. The Kier molecular flexibility index (Phi) is 6.82. The van der Waals surface area contributed by atoms with E-state index < -0.39 is 0 Å². The maximum Gasteiger partial charge on any atom is 0.161 e. The summed E-state index contributed by atoms with van der Waals surface area (Å²) in [4.78, 5) is 2.33. The van der Waals surface area contributed by atoms with Gasteiger partial charge in [-0.3, -0.25) is 0 Å². The van der Waals surface area contributed by atoms with Crippen LogP contribution in [0.2, 0.25) is 0 Å². The van der Waals surface area contributed by atoms with Crippen molar-refractivity contribution in [3.05, 3.63) is 23.8 Å². The number of likely N-dealkylation sites (N-methyl/N-ethyl adjacent to an activating group) is 1. The van der Waals surface area contributed by atoms with E-state index in [0.717, 1.165) is 24.6 Å². The lowest BCUT2D eigenvalue weighted by Gasteiger charge is -2.23. The van der Waals surface area contributed by atoms with Gasteiger partial charge in [-0.2, -0.15) is 0 Å². The molecular weight excluding hydrogens is 252 g/mol. The summed E-state index contributed by atoms with van der Waals surface area (Å²) < 4.78 is 10.6. The summed E-state index contributed by atoms with van der Waals surface area (Å²) in [5, 5.41) is 3.54. The normalized spacial score (nSPS) is 12.8. The highest BCUT2D eigenvalue weighted by Crippen LogP contribution is 2.29. The summed E-state index contributed by atoms with van der Waals surface area (Å²) in [6.07, 6.45) is 0. The molecule has 0 saturated heterocycles. The van der Waals surface area contributed by atoms with E-state index in [4.69, 9.17) is 9.47 Å². The van der Waals surface area contributed by atoms with E-state index in [1.54, 1.807) is 14.2 Å². The van der Waals surface area contributed by atoms with Gasteiger partial charge in [-0.1, -0.05) is 6.07 Å². The quantitative estimate of drug-likeness (QED) is 0.794. The van der Waals surface area contributed by atoms with E-state index in [2.05, 4.69) is 44.1 Å². The first kappa shape index (κ1) is 16.8. The van der Waals surface area contributed by atoms with Crippen molar-refractivity contribution in [3.8, 4) is 11.5 Å². The van der Waals surface area contributed by atoms with Crippen LogP contribution in [0.5, 0.6) is 11.5 Å². The van der Waals surface area contributed by atoms with Gasteiger partial charge in [-0.05, 0) is 45.5 Å². The van der Waals surface area contributed by atoms with Crippen LogP contribution in [0.4, 0.5) is 0 Å². The third-order valence-electron chi connectivity index (χ3n) is 3.70. The molecule has 0 radical (unpaired) electrons. The largest absolute Gasteiger partial charge is 0.493 e. The summed E-state index contributed by atoms with van der Waals surface area (Å²) in [5.41, 5.74) is 1.20. The van der Waals surface area contributed by atoms with Gasteiger partial charge in [0.1, 0.15) is 0 Å². The lowest BCUT2D eigenvalue weighted by molar-refractivity contribution is 0.270. The van der Waals surface area contributed by atoms with Crippen molar-refractivity contribution in [2.45, 2.75) is 32.9 Å². The number of ether oxygens (including phenoxy) is 2. The second kappa shape index (κ2) is 8.12. The monoisotopic (exact) mass is 280 g/mol. The Balaban J connectivity index is 2.57. The zero-order chi connectivity index (χ0) is 15.1. The summed E-state index contributed by atoms with van der Waals surface area (Å²) in [5.74, 6) is 1.54. The number of nitrogens with one attached hydrogen (secondary N) is 1. The van der Waals surface area contributed by atoms with E-state index in [0.29, 0.717) is 6.04 Å². The molecule has 0 aliphatic rings. The van der Waals surface area contributed by atoms with Gasteiger partial charge in [0.2, 0.25) is 0 Å². The minimum Gasteiger partial charge on any atom is -0.493 e. The van der Waals surface area contributed by atoms with Crippen molar-refractivity contribution in [2.75, 3.05) is 34.4 Å². The van der Waals surface area contributed by atoms with Gasteiger partial charge in [0.25, 0.3) is 0 Å². The van der Waals surface area contributed by atoms with Gasteiger partial charge in [-0.25, -0.2) is 0 Å². The van der Waals surface area contributed by atoms with Crippen molar-refractivity contribution in [3.63, 3.8) is 0 Å². The molecule has 1 atom stereocenters. The molecule has 0 heterocycles. The Morgan fingerprint density at radius 3 is 2.30 bits per heavy atom. The fraction of sp³-hybridized carbons (Fsp3) is 0.625. The topological polar surface area (TPSA) is 33.7 Å². The minimum atomic E-state index is 0.287. The first-order valence-corrected chi connectivity index (χ1v) is 7.15. The average molecular weight is 280 g/mol. The molecule has 0 saturated carbocycles. The van der Waals surface area contributed by atoms with Crippen LogP contribution in [0, 0.1) is 0 Å². The summed E-state index contributed by atoms with van der Waals surface area (Å²) in [7, 11) is 5.46. The first-order valence-electron chi connectivity index (χ1n) is 7.15. The molecule has 114 valence electrons. The first-order chi connectivity index (χ1) is 9.49. The minimum absolute atomic E-state index is 0.287. The van der Waals surface area contributed by atoms with Gasteiger partial charge < -0.3 is 19.7 Å². The van der Waals surface area contributed by atoms with Crippen LogP contribution in [0.3, 0.4) is 0 Å². The van der Waals surface area contributed by atoms with Gasteiger partial charge in [0.05, 0.1) is 14.2 Å². The van der Waals surface area contributed by atoms with E-state index in [1.807, 2.05) is 12.1 Å². The summed E-state index contributed by atoms with van der Waals surface area (Å²) in [6, 6.07) is 6.92.